The molecule has 0 aromatic heterocycles. The predicted octanol–water partition coefficient (Wildman–Crippen LogP) is 0.968. The molecular formula is C12H10O5S. The Labute approximate surface area is 104 Å². The van der Waals surface area contributed by atoms with Gasteiger partial charge in [-0.05, 0) is 6.08 Å². The van der Waals surface area contributed by atoms with Crippen LogP contribution >= 0.6 is 0 Å². The smallest absolute Gasteiger partial charge is 0.264 e. The zero-order valence-electron chi connectivity index (χ0n) is 9.54. The summed E-state index contributed by atoms with van der Waals surface area (Å²) in [6, 6.07) is 6.39. The minimum absolute atomic E-state index is 0.0455. The highest BCUT2D eigenvalue weighted by molar-refractivity contribution is 7.86. The molecule has 0 amide bonds. The molecule has 5 nitrogen and oxygen atoms in total. The SMILES string of the molecule is CS(=O)(=O)OCC1=CC(=O)c2ccccc2C1=O. The first-order chi connectivity index (χ1) is 8.38. The monoisotopic (exact) mass is 266 g/mol. The van der Waals surface area contributed by atoms with Gasteiger partial charge in [0.2, 0.25) is 0 Å². The second-order valence-electron chi connectivity index (χ2n) is 3.87. The lowest BCUT2D eigenvalue weighted by molar-refractivity contribution is 0.0975. The third-order valence-electron chi connectivity index (χ3n) is 2.46. The molecule has 1 aliphatic rings. The van der Waals surface area contributed by atoms with Crippen LogP contribution in [0, 0.1) is 0 Å². The molecule has 1 aromatic rings. The number of allylic oxidation sites excluding steroid dienone is 1. The highest BCUT2D eigenvalue weighted by Gasteiger charge is 2.25. The van der Waals surface area contributed by atoms with Crippen molar-refractivity contribution < 1.29 is 22.2 Å². The largest absolute Gasteiger partial charge is 0.289 e. The summed E-state index contributed by atoms with van der Waals surface area (Å²) in [5.41, 5.74) is 0.645. The lowest BCUT2D eigenvalue weighted by Crippen LogP contribution is -2.20. The maximum atomic E-state index is 12.0. The van der Waals surface area contributed by atoms with Gasteiger partial charge in [0.1, 0.15) is 0 Å². The van der Waals surface area contributed by atoms with Crippen molar-refractivity contribution in [2.24, 2.45) is 0 Å². The lowest BCUT2D eigenvalue weighted by atomic mass is 9.90. The Balaban J connectivity index is 2.32. The topological polar surface area (TPSA) is 77.5 Å². The molecule has 0 spiro atoms. The molecule has 0 aliphatic heterocycles. The van der Waals surface area contributed by atoms with Crippen LogP contribution in [0.4, 0.5) is 0 Å². The van der Waals surface area contributed by atoms with E-state index in [-0.39, 0.29) is 22.7 Å². The van der Waals surface area contributed by atoms with E-state index in [1.807, 2.05) is 0 Å². The Kier molecular flexibility index (Phi) is 3.14. The highest BCUT2D eigenvalue weighted by Crippen LogP contribution is 2.21. The number of Topliss-reactive ketones (excluding diaryl/α,β-unsaturated/α-hetero) is 1. The molecule has 0 bridgehead atoms. The van der Waals surface area contributed by atoms with E-state index in [0.29, 0.717) is 5.56 Å². The van der Waals surface area contributed by atoms with E-state index in [1.165, 1.54) is 6.07 Å². The van der Waals surface area contributed by atoms with Crippen molar-refractivity contribution in [3.63, 3.8) is 0 Å². The summed E-state index contributed by atoms with van der Waals surface area (Å²) in [5, 5.41) is 0. The summed E-state index contributed by atoms with van der Waals surface area (Å²) >= 11 is 0. The Morgan fingerprint density at radius 1 is 1.11 bits per heavy atom. The van der Waals surface area contributed by atoms with E-state index in [0.717, 1.165) is 12.3 Å². The molecule has 1 aromatic carbocycles. The number of rotatable bonds is 3. The van der Waals surface area contributed by atoms with E-state index in [4.69, 9.17) is 0 Å². The van der Waals surface area contributed by atoms with Crippen molar-refractivity contribution in [3.05, 3.63) is 47.0 Å². The summed E-state index contributed by atoms with van der Waals surface area (Å²) in [4.78, 5) is 23.7. The first-order valence-electron chi connectivity index (χ1n) is 5.11. The van der Waals surface area contributed by atoms with Crippen LogP contribution < -0.4 is 0 Å². The van der Waals surface area contributed by atoms with Gasteiger partial charge in [-0.25, -0.2) is 0 Å². The molecule has 94 valence electrons. The number of hydrogen-bond acceptors (Lipinski definition) is 5. The Morgan fingerprint density at radius 2 is 1.72 bits per heavy atom. The van der Waals surface area contributed by atoms with Crippen LogP contribution in [-0.2, 0) is 14.3 Å². The molecule has 6 heteroatoms. The molecule has 0 saturated carbocycles. The molecule has 2 rings (SSSR count). The number of ketones is 2. The van der Waals surface area contributed by atoms with Crippen LogP contribution in [-0.4, -0.2) is 32.8 Å². The molecule has 0 saturated heterocycles. The third-order valence-corrected chi connectivity index (χ3v) is 3.01. The first kappa shape index (κ1) is 12.7. The van der Waals surface area contributed by atoms with Gasteiger partial charge in [0.25, 0.3) is 10.1 Å². The zero-order valence-corrected chi connectivity index (χ0v) is 10.4. The number of fused-ring (bicyclic) bond motifs is 1. The lowest BCUT2D eigenvalue weighted by Gasteiger charge is -2.14. The van der Waals surface area contributed by atoms with Gasteiger partial charge in [-0.1, -0.05) is 24.3 Å². The molecule has 0 radical (unpaired) electrons. The molecular weight excluding hydrogens is 256 g/mol. The molecule has 0 atom stereocenters. The Bertz CT molecular complexity index is 655. The molecule has 1 aliphatic carbocycles. The third kappa shape index (κ3) is 2.55. The average Bonchev–Trinajstić information content (AvgIpc) is 2.31. The molecule has 18 heavy (non-hydrogen) atoms. The number of benzene rings is 1. The molecule has 0 unspecified atom stereocenters. The Morgan fingerprint density at radius 3 is 2.33 bits per heavy atom. The van der Waals surface area contributed by atoms with Crippen LogP contribution in [0.15, 0.2) is 35.9 Å². The van der Waals surface area contributed by atoms with Crippen molar-refractivity contribution in [1.29, 1.82) is 0 Å². The van der Waals surface area contributed by atoms with Gasteiger partial charge in [-0.15, -0.1) is 0 Å². The van der Waals surface area contributed by atoms with Gasteiger partial charge < -0.3 is 0 Å². The predicted molar refractivity (Wildman–Crippen MR) is 64.0 cm³/mol. The summed E-state index contributed by atoms with van der Waals surface area (Å²) in [5.74, 6) is -0.703. The Hall–Kier alpha value is -1.79. The number of hydrogen-bond donors (Lipinski definition) is 0. The second kappa shape index (κ2) is 4.47. The summed E-state index contributed by atoms with van der Waals surface area (Å²) in [6.45, 7) is -0.419. The molecule has 0 heterocycles. The van der Waals surface area contributed by atoms with Crippen LogP contribution in [0.1, 0.15) is 20.7 Å². The van der Waals surface area contributed by atoms with Gasteiger partial charge in [0, 0.05) is 16.7 Å². The fourth-order valence-electron chi connectivity index (χ4n) is 1.65. The van der Waals surface area contributed by atoms with Crippen LogP contribution in [0.3, 0.4) is 0 Å². The van der Waals surface area contributed by atoms with E-state index in [1.54, 1.807) is 18.2 Å². The number of carbonyl (C=O) groups is 2. The van der Waals surface area contributed by atoms with Gasteiger partial charge in [0.05, 0.1) is 12.9 Å². The van der Waals surface area contributed by atoms with Crippen LogP contribution in [0.2, 0.25) is 0 Å². The van der Waals surface area contributed by atoms with E-state index < -0.39 is 16.7 Å². The maximum absolute atomic E-state index is 12.0. The normalized spacial score (nSPS) is 15.3. The maximum Gasteiger partial charge on any atom is 0.264 e. The van der Waals surface area contributed by atoms with Crippen LogP contribution in [0.5, 0.6) is 0 Å². The van der Waals surface area contributed by atoms with Gasteiger partial charge >= 0.3 is 0 Å². The average molecular weight is 266 g/mol. The fourth-order valence-corrected chi connectivity index (χ4v) is 1.99. The highest BCUT2D eigenvalue weighted by atomic mass is 32.2. The first-order valence-corrected chi connectivity index (χ1v) is 6.93. The standard InChI is InChI=1S/C12H10O5S/c1-18(15,16)17-7-8-6-11(13)9-4-2-3-5-10(9)12(8)14/h2-6H,7H2,1H3. The minimum atomic E-state index is -3.65. The van der Waals surface area contributed by atoms with E-state index in [9.17, 15) is 18.0 Å². The fraction of sp³-hybridized carbons (Fsp3) is 0.167. The van der Waals surface area contributed by atoms with E-state index in [2.05, 4.69) is 4.18 Å². The second-order valence-corrected chi connectivity index (χ2v) is 5.52. The van der Waals surface area contributed by atoms with Gasteiger partial charge in [-0.2, -0.15) is 8.42 Å². The van der Waals surface area contributed by atoms with Crippen molar-refractivity contribution in [1.82, 2.24) is 0 Å². The van der Waals surface area contributed by atoms with Gasteiger partial charge in [0.15, 0.2) is 11.6 Å². The molecule has 0 fully saturated rings. The van der Waals surface area contributed by atoms with Crippen molar-refractivity contribution in [2.45, 2.75) is 0 Å². The van der Waals surface area contributed by atoms with Crippen molar-refractivity contribution >= 4 is 21.7 Å². The summed E-state index contributed by atoms with van der Waals surface area (Å²) in [6.07, 6.45) is 2.01. The summed E-state index contributed by atoms with van der Waals surface area (Å²) < 4.78 is 26.3. The molecule has 0 N–H and O–H groups in total. The number of carbonyl (C=O) groups excluding carboxylic acids is 2. The van der Waals surface area contributed by atoms with E-state index >= 15 is 0 Å². The van der Waals surface area contributed by atoms with Gasteiger partial charge in [-0.3, -0.25) is 13.8 Å². The van der Waals surface area contributed by atoms with Crippen LogP contribution in [0.25, 0.3) is 0 Å². The zero-order chi connectivity index (χ0) is 13.3. The van der Waals surface area contributed by atoms with Crippen molar-refractivity contribution in [2.75, 3.05) is 12.9 Å². The van der Waals surface area contributed by atoms with Crippen molar-refractivity contribution in [3.8, 4) is 0 Å². The minimum Gasteiger partial charge on any atom is -0.289 e. The quantitative estimate of drug-likeness (QED) is 0.762. The summed E-state index contributed by atoms with van der Waals surface area (Å²) in [7, 11) is -3.65.